The van der Waals surface area contributed by atoms with E-state index >= 15 is 0 Å². The molecule has 4 nitrogen and oxygen atoms in total. The van der Waals surface area contributed by atoms with Gasteiger partial charge in [0, 0.05) is 24.9 Å². The highest BCUT2D eigenvalue weighted by molar-refractivity contribution is 5.83. The van der Waals surface area contributed by atoms with Crippen LogP contribution in [0, 0.1) is 0 Å². The summed E-state index contributed by atoms with van der Waals surface area (Å²) in [6, 6.07) is 0.169. The molecule has 1 amide bonds. The molecular formula is C12H19NO3. The summed E-state index contributed by atoms with van der Waals surface area (Å²) in [6.45, 7) is 5.59. The quantitative estimate of drug-likeness (QED) is 0.634. The van der Waals surface area contributed by atoms with Gasteiger partial charge >= 0.3 is 6.09 Å². The van der Waals surface area contributed by atoms with E-state index in [1.807, 2.05) is 20.8 Å². The van der Waals surface area contributed by atoms with Crippen molar-refractivity contribution < 1.29 is 14.3 Å². The number of carbonyl (C=O) groups excluding carboxylic acids is 2. The van der Waals surface area contributed by atoms with Gasteiger partial charge in [0.15, 0.2) is 0 Å². The number of amides is 1. The first kappa shape index (κ1) is 11.4. The summed E-state index contributed by atoms with van der Waals surface area (Å²) in [6.07, 6.45) is 2.64. The molecule has 2 atom stereocenters. The molecule has 0 aromatic heterocycles. The fraction of sp³-hybridized carbons (Fsp3) is 0.833. The van der Waals surface area contributed by atoms with Crippen LogP contribution < -0.4 is 0 Å². The second-order valence-corrected chi connectivity index (χ2v) is 5.72. The largest absolute Gasteiger partial charge is 0.444 e. The van der Waals surface area contributed by atoms with Gasteiger partial charge in [0.2, 0.25) is 0 Å². The molecule has 2 rings (SSSR count). The molecule has 2 bridgehead atoms. The molecule has 2 fully saturated rings. The zero-order valence-corrected chi connectivity index (χ0v) is 10.2. The highest BCUT2D eigenvalue weighted by atomic mass is 16.6. The van der Waals surface area contributed by atoms with Crippen molar-refractivity contribution in [3.63, 3.8) is 0 Å². The average molecular weight is 225 g/mol. The van der Waals surface area contributed by atoms with Gasteiger partial charge in [0.25, 0.3) is 0 Å². The van der Waals surface area contributed by atoms with E-state index < -0.39 is 5.60 Å². The number of fused-ring (bicyclic) bond motifs is 2. The fourth-order valence-corrected chi connectivity index (χ4v) is 2.58. The molecule has 1 unspecified atom stereocenters. The van der Waals surface area contributed by atoms with Crippen molar-refractivity contribution in [3.05, 3.63) is 0 Å². The van der Waals surface area contributed by atoms with E-state index in [1.165, 1.54) is 0 Å². The summed E-state index contributed by atoms with van der Waals surface area (Å²) in [5.41, 5.74) is -0.460. The maximum atomic E-state index is 12.0. The van der Waals surface area contributed by atoms with Crippen LogP contribution in [-0.4, -0.2) is 34.5 Å². The third-order valence-electron chi connectivity index (χ3n) is 3.15. The van der Waals surface area contributed by atoms with Crippen molar-refractivity contribution >= 4 is 11.9 Å². The standard InChI is InChI=1S/C12H19NO3/c1-12(2,3)16-11(15)13-8-4-5-9(13)7-10(14)6-8/h8-9H,4-7H2,1-3H3/t8-,9?/m1/s1. The maximum absolute atomic E-state index is 12.0. The van der Waals surface area contributed by atoms with Crippen molar-refractivity contribution in [1.29, 1.82) is 0 Å². The van der Waals surface area contributed by atoms with Gasteiger partial charge in [0.1, 0.15) is 11.4 Å². The van der Waals surface area contributed by atoms with Crippen molar-refractivity contribution in [2.75, 3.05) is 0 Å². The lowest BCUT2D eigenvalue weighted by molar-refractivity contribution is -0.123. The second kappa shape index (κ2) is 3.75. The maximum Gasteiger partial charge on any atom is 0.410 e. The summed E-state index contributed by atoms with van der Waals surface area (Å²) in [7, 11) is 0. The van der Waals surface area contributed by atoms with Crippen LogP contribution in [0.5, 0.6) is 0 Å². The Morgan fingerprint density at radius 2 is 1.75 bits per heavy atom. The van der Waals surface area contributed by atoms with Crippen molar-refractivity contribution in [3.8, 4) is 0 Å². The molecule has 0 aromatic carbocycles. The average Bonchev–Trinajstić information content (AvgIpc) is 2.36. The second-order valence-electron chi connectivity index (χ2n) is 5.72. The number of rotatable bonds is 0. The molecule has 0 aliphatic carbocycles. The first-order valence-electron chi connectivity index (χ1n) is 5.90. The predicted octanol–water partition coefficient (Wildman–Crippen LogP) is 2.12. The van der Waals surface area contributed by atoms with Crippen LogP contribution in [0.4, 0.5) is 4.79 Å². The Hall–Kier alpha value is -1.06. The molecule has 2 aliphatic heterocycles. The Kier molecular flexibility index (Phi) is 2.68. The molecule has 2 aliphatic rings. The zero-order valence-electron chi connectivity index (χ0n) is 10.2. The minimum Gasteiger partial charge on any atom is -0.444 e. The highest BCUT2D eigenvalue weighted by Gasteiger charge is 2.44. The Bertz CT molecular complexity index is 303. The van der Waals surface area contributed by atoms with Gasteiger partial charge < -0.3 is 9.64 Å². The molecule has 0 saturated carbocycles. The van der Waals surface area contributed by atoms with Gasteiger partial charge in [-0.25, -0.2) is 4.79 Å². The highest BCUT2D eigenvalue weighted by Crippen LogP contribution is 2.34. The normalized spacial score (nSPS) is 29.4. The predicted molar refractivity (Wildman–Crippen MR) is 59.1 cm³/mol. The number of ether oxygens (including phenoxy) is 1. The molecule has 90 valence electrons. The minimum absolute atomic E-state index is 0.0844. The van der Waals surface area contributed by atoms with Crippen LogP contribution in [0.15, 0.2) is 0 Å². The van der Waals surface area contributed by atoms with Crippen molar-refractivity contribution in [2.24, 2.45) is 0 Å². The molecular weight excluding hydrogens is 206 g/mol. The Balaban J connectivity index is 2.06. The van der Waals surface area contributed by atoms with Crippen LogP contribution in [0.3, 0.4) is 0 Å². The smallest absolute Gasteiger partial charge is 0.410 e. The van der Waals surface area contributed by atoms with Crippen LogP contribution in [-0.2, 0) is 9.53 Å². The molecule has 0 aromatic rings. The topological polar surface area (TPSA) is 46.6 Å². The summed E-state index contributed by atoms with van der Waals surface area (Å²) in [5.74, 6) is 0.285. The van der Waals surface area contributed by atoms with Crippen molar-refractivity contribution in [2.45, 2.75) is 64.1 Å². The monoisotopic (exact) mass is 225 g/mol. The molecule has 0 N–H and O–H groups in total. The summed E-state index contributed by atoms with van der Waals surface area (Å²) in [5, 5.41) is 0. The Morgan fingerprint density at radius 1 is 1.25 bits per heavy atom. The molecule has 2 saturated heterocycles. The first-order chi connectivity index (χ1) is 7.37. The zero-order chi connectivity index (χ0) is 11.9. The van der Waals surface area contributed by atoms with E-state index in [1.54, 1.807) is 4.90 Å². The van der Waals surface area contributed by atoms with E-state index in [9.17, 15) is 9.59 Å². The van der Waals surface area contributed by atoms with Crippen LogP contribution in [0.2, 0.25) is 0 Å². The van der Waals surface area contributed by atoms with E-state index in [4.69, 9.17) is 4.74 Å². The van der Waals surface area contributed by atoms with Gasteiger partial charge in [0.05, 0.1) is 0 Å². The van der Waals surface area contributed by atoms with Gasteiger partial charge in [-0.05, 0) is 33.6 Å². The number of piperidine rings is 1. The third kappa shape index (κ3) is 2.20. The molecule has 16 heavy (non-hydrogen) atoms. The SMILES string of the molecule is CC(C)(C)OC(=O)N1C2CC[C@@H]1CC(=O)C2. The summed E-state index contributed by atoms with van der Waals surface area (Å²) >= 11 is 0. The van der Waals surface area contributed by atoms with E-state index in [-0.39, 0.29) is 24.0 Å². The van der Waals surface area contributed by atoms with Crippen LogP contribution in [0.1, 0.15) is 46.5 Å². The van der Waals surface area contributed by atoms with E-state index in [0.717, 1.165) is 12.8 Å². The third-order valence-corrected chi connectivity index (χ3v) is 3.15. The number of carbonyl (C=O) groups is 2. The van der Waals surface area contributed by atoms with Gasteiger partial charge in [-0.15, -0.1) is 0 Å². The van der Waals surface area contributed by atoms with E-state index in [0.29, 0.717) is 12.8 Å². The Morgan fingerprint density at radius 3 is 2.19 bits per heavy atom. The molecule has 0 radical (unpaired) electrons. The lowest BCUT2D eigenvalue weighted by Crippen LogP contribution is -2.48. The first-order valence-corrected chi connectivity index (χ1v) is 5.90. The minimum atomic E-state index is -0.460. The molecule has 2 heterocycles. The number of hydrogen-bond donors (Lipinski definition) is 0. The lowest BCUT2D eigenvalue weighted by atomic mass is 10.0. The van der Waals surface area contributed by atoms with Crippen LogP contribution in [0.25, 0.3) is 0 Å². The fourth-order valence-electron chi connectivity index (χ4n) is 2.58. The summed E-state index contributed by atoms with van der Waals surface area (Å²) in [4.78, 5) is 25.2. The number of Topliss-reactive ketones (excluding diaryl/α,β-unsaturated/α-hetero) is 1. The lowest BCUT2D eigenvalue weighted by Gasteiger charge is -2.35. The van der Waals surface area contributed by atoms with Gasteiger partial charge in [-0.2, -0.15) is 0 Å². The van der Waals surface area contributed by atoms with Gasteiger partial charge in [-0.1, -0.05) is 0 Å². The number of hydrogen-bond acceptors (Lipinski definition) is 3. The molecule has 0 spiro atoms. The van der Waals surface area contributed by atoms with E-state index in [2.05, 4.69) is 0 Å². The number of nitrogens with zero attached hydrogens (tertiary/aromatic N) is 1. The van der Waals surface area contributed by atoms with Crippen LogP contribution >= 0.6 is 0 Å². The molecule has 4 heteroatoms. The van der Waals surface area contributed by atoms with Crippen molar-refractivity contribution in [1.82, 2.24) is 4.90 Å². The summed E-state index contributed by atoms with van der Waals surface area (Å²) < 4.78 is 5.37. The Labute approximate surface area is 95.9 Å². The number of ketones is 1. The van der Waals surface area contributed by atoms with Gasteiger partial charge in [-0.3, -0.25) is 4.79 Å².